The minimum atomic E-state index is -0.552. The lowest BCUT2D eigenvalue weighted by Crippen LogP contribution is -2.25. The molecule has 3 N–H and O–H groups in total. The molecule has 7 heteroatoms. The molecule has 0 bridgehead atoms. The maximum Gasteiger partial charge on any atom is 0.238 e. The second-order valence-corrected chi connectivity index (χ2v) is 3.45. The quantitative estimate of drug-likeness (QED) is 0.777. The number of hydrogen-bond acceptors (Lipinski definition) is 3. The fourth-order valence-corrected chi connectivity index (χ4v) is 1.26. The molecule has 5 nitrogen and oxygen atoms in total. The highest BCUT2D eigenvalue weighted by molar-refractivity contribution is 5.94. The van der Waals surface area contributed by atoms with Gasteiger partial charge in [-0.3, -0.25) is 9.59 Å². The molecule has 0 aliphatic rings. The summed E-state index contributed by atoms with van der Waals surface area (Å²) in [7, 11) is 1.61. The van der Waals surface area contributed by atoms with Crippen molar-refractivity contribution in [1.82, 2.24) is 5.32 Å². The number of benzene rings is 1. The molecular weight excluding hydrogens is 261 g/mol. The third-order valence-corrected chi connectivity index (χ3v) is 1.90. The number of nitrogens with one attached hydrogen (secondary N) is 3. The number of halogens is 2. The van der Waals surface area contributed by atoms with Crippen molar-refractivity contribution in [3.8, 4) is 0 Å². The highest BCUT2D eigenvalue weighted by atomic mass is 35.5. The van der Waals surface area contributed by atoms with Gasteiger partial charge in [-0.05, 0) is 25.2 Å². The number of likely N-dealkylation sites (N-methyl/N-ethyl adjacent to an activating group) is 1. The van der Waals surface area contributed by atoms with Crippen molar-refractivity contribution in [1.29, 1.82) is 0 Å². The zero-order valence-electron chi connectivity index (χ0n) is 10.0. The van der Waals surface area contributed by atoms with E-state index in [-0.39, 0.29) is 36.5 Å². The first-order valence-electron chi connectivity index (χ1n) is 5.04. The number of rotatable bonds is 4. The average Bonchev–Trinajstić information content (AvgIpc) is 2.22. The number of carbonyl (C=O) groups excluding carboxylic acids is 2. The van der Waals surface area contributed by atoms with Crippen molar-refractivity contribution in [3.05, 3.63) is 24.0 Å². The molecule has 0 unspecified atom stereocenters. The maximum absolute atomic E-state index is 13.4. The van der Waals surface area contributed by atoms with Gasteiger partial charge in [0.2, 0.25) is 11.8 Å². The molecule has 18 heavy (non-hydrogen) atoms. The van der Waals surface area contributed by atoms with E-state index in [0.717, 1.165) is 0 Å². The van der Waals surface area contributed by atoms with Crippen LogP contribution in [-0.4, -0.2) is 25.4 Å². The molecule has 0 saturated heterocycles. The first-order chi connectivity index (χ1) is 8.02. The first kappa shape index (κ1) is 16.3. The third-order valence-electron chi connectivity index (χ3n) is 1.90. The van der Waals surface area contributed by atoms with Crippen LogP contribution in [0.2, 0.25) is 0 Å². The topological polar surface area (TPSA) is 70.2 Å². The summed E-state index contributed by atoms with van der Waals surface area (Å²) < 4.78 is 13.4. The van der Waals surface area contributed by atoms with Gasteiger partial charge < -0.3 is 16.0 Å². The van der Waals surface area contributed by atoms with Gasteiger partial charge in [0.25, 0.3) is 0 Å². The standard InChI is InChI=1S/C11H14FN3O2.ClH/c1-7(16)14-8-3-4-9(12)10(5-8)15-11(17)6-13-2;/h3-5,13H,6H2,1-2H3,(H,14,16)(H,15,17);1H. The van der Waals surface area contributed by atoms with Gasteiger partial charge in [-0.1, -0.05) is 0 Å². The minimum Gasteiger partial charge on any atom is -0.326 e. The fraction of sp³-hybridized carbons (Fsp3) is 0.273. The summed E-state index contributed by atoms with van der Waals surface area (Å²) in [5, 5.41) is 7.55. The zero-order chi connectivity index (χ0) is 12.8. The van der Waals surface area contributed by atoms with Crippen LogP contribution in [0.3, 0.4) is 0 Å². The fourth-order valence-electron chi connectivity index (χ4n) is 1.26. The van der Waals surface area contributed by atoms with Crippen LogP contribution in [0.4, 0.5) is 15.8 Å². The molecule has 0 radical (unpaired) electrons. The largest absolute Gasteiger partial charge is 0.326 e. The summed E-state index contributed by atoms with van der Waals surface area (Å²) in [5.74, 6) is -1.17. The Morgan fingerprint density at radius 3 is 2.50 bits per heavy atom. The number of amides is 2. The molecule has 100 valence electrons. The van der Waals surface area contributed by atoms with Crippen LogP contribution in [0, 0.1) is 5.82 Å². The zero-order valence-corrected chi connectivity index (χ0v) is 10.9. The molecule has 0 fully saturated rings. The Morgan fingerprint density at radius 2 is 1.94 bits per heavy atom. The summed E-state index contributed by atoms with van der Waals surface area (Å²) in [6, 6.07) is 3.97. The third kappa shape index (κ3) is 5.11. The van der Waals surface area contributed by atoms with E-state index in [0.29, 0.717) is 5.69 Å². The first-order valence-corrected chi connectivity index (χ1v) is 5.04. The maximum atomic E-state index is 13.4. The summed E-state index contributed by atoms with van der Waals surface area (Å²) in [6.07, 6.45) is 0. The molecule has 0 atom stereocenters. The van der Waals surface area contributed by atoms with Crippen molar-refractivity contribution < 1.29 is 14.0 Å². The number of carbonyl (C=O) groups is 2. The van der Waals surface area contributed by atoms with Gasteiger partial charge in [-0.15, -0.1) is 12.4 Å². The van der Waals surface area contributed by atoms with E-state index < -0.39 is 5.82 Å². The van der Waals surface area contributed by atoms with E-state index in [1.54, 1.807) is 7.05 Å². The Morgan fingerprint density at radius 1 is 1.28 bits per heavy atom. The van der Waals surface area contributed by atoms with Crippen molar-refractivity contribution in [2.24, 2.45) is 0 Å². The van der Waals surface area contributed by atoms with Gasteiger partial charge in [0.05, 0.1) is 12.2 Å². The molecule has 1 aromatic carbocycles. The predicted molar refractivity (Wildman–Crippen MR) is 70.5 cm³/mol. The van der Waals surface area contributed by atoms with Gasteiger partial charge in [0, 0.05) is 12.6 Å². The summed E-state index contributed by atoms with van der Waals surface area (Å²) in [6.45, 7) is 1.44. The van der Waals surface area contributed by atoms with Crippen molar-refractivity contribution in [3.63, 3.8) is 0 Å². The predicted octanol–water partition coefficient (Wildman–Crippen LogP) is 1.36. The van der Waals surface area contributed by atoms with E-state index in [1.807, 2.05) is 0 Å². The van der Waals surface area contributed by atoms with Crippen LogP contribution in [0.15, 0.2) is 18.2 Å². The molecular formula is C11H15ClFN3O2. The van der Waals surface area contributed by atoms with Crippen molar-refractivity contribution in [2.75, 3.05) is 24.2 Å². The van der Waals surface area contributed by atoms with E-state index >= 15 is 0 Å². The van der Waals surface area contributed by atoms with Crippen LogP contribution in [-0.2, 0) is 9.59 Å². The number of hydrogen-bond donors (Lipinski definition) is 3. The normalized spacial score (nSPS) is 9.28. The van der Waals surface area contributed by atoms with Gasteiger partial charge in [-0.25, -0.2) is 4.39 Å². The van der Waals surface area contributed by atoms with Gasteiger partial charge in [0.15, 0.2) is 0 Å². The van der Waals surface area contributed by atoms with Crippen LogP contribution in [0.1, 0.15) is 6.92 Å². The molecule has 0 heterocycles. The second kappa shape index (κ2) is 7.62. The van der Waals surface area contributed by atoms with Crippen LogP contribution in [0.5, 0.6) is 0 Å². The Hall–Kier alpha value is -1.66. The molecule has 0 aromatic heterocycles. The van der Waals surface area contributed by atoms with Gasteiger partial charge in [-0.2, -0.15) is 0 Å². The molecule has 0 saturated carbocycles. The van der Waals surface area contributed by atoms with Crippen molar-refractivity contribution >= 4 is 35.6 Å². The number of anilines is 2. The Bertz CT molecular complexity index is 440. The lowest BCUT2D eigenvalue weighted by atomic mass is 10.2. The van der Waals surface area contributed by atoms with Crippen LogP contribution in [0.25, 0.3) is 0 Å². The molecule has 0 aliphatic heterocycles. The molecule has 1 rings (SSSR count). The Balaban J connectivity index is 0.00000289. The highest BCUT2D eigenvalue weighted by Crippen LogP contribution is 2.19. The van der Waals surface area contributed by atoms with Crippen LogP contribution < -0.4 is 16.0 Å². The molecule has 0 spiro atoms. The van der Waals surface area contributed by atoms with E-state index in [9.17, 15) is 14.0 Å². The van der Waals surface area contributed by atoms with Crippen LogP contribution >= 0.6 is 12.4 Å². The SMILES string of the molecule is CNCC(=O)Nc1cc(NC(C)=O)ccc1F.Cl. The van der Waals surface area contributed by atoms with E-state index in [1.165, 1.54) is 25.1 Å². The van der Waals surface area contributed by atoms with E-state index in [2.05, 4.69) is 16.0 Å². The van der Waals surface area contributed by atoms with Crippen molar-refractivity contribution in [2.45, 2.75) is 6.92 Å². The molecule has 2 amide bonds. The molecule has 1 aromatic rings. The van der Waals surface area contributed by atoms with E-state index in [4.69, 9.17) is 0 Å². The highest BCUT2D eigenvalue weighted by Gasteiger charge is 2.07. The monoisotopic (exact) mass is 275 g/mol. The minimum absolute atomic E-state index is 0. The smallest absolute Gasteiger partial charge is 0.238 e. The second-order valence-electron chi connectivity index (χ2n) is 3.45. The lowest BCUT2D eigenvalue weighted by Gasteiger charge is -2.08. The van der Waals surface area contributed by atoms with Gasteiger partial charge >= 0.3 is 0 Å². The molecule has 0 aliphatic carbocycles. The lowest BCUT2D eigenvalue weighted by molar-refractivity contribution is -0.115. The summed E-state index contributed by atoms with van der Waals surface area (Å²) in [4.78, 5) is 22.1. The summed E-state index contributed by atoms with van der Waals surface area (Å²) in [5.41, 5.74) is 0.468. The average molecular weight is 276 g/mol. The Labute approximate surface area is 111 Å². The Kier molecular flexibility index (Phi) is 6.92. The summed E-state index contributed by atoms with van der Waals surface area (Å²) >= 11 is 0. The van der Waals surface area contributed by atoms with Gasteiger partial charge in [0.1, 0.15) is 5.82 Å².